The molecule has 0 spiro atoms. The number of amides is 2. The summed E-state index contributed by atoms with van der Waals surface area (Å²) in [4.78, 5) is 31.8. The zero-order valence-electron chi connectivity index (χ0n) is 19.6. The highest BCUT2D eigenvalue weighted by molar-refractivity contribution is 6.08. The molecule has 1 aliphatic heterocycles. The van der Waals surface area contributed by atoms with Crippen LogP contribution in [0.25, 0.3) is 11.1 Å². The van der Waals surface area contributed by atoms with Crippen molar-refractivity contribution in [2.45, 2.75) is 25.7 Å². The molecule has 1 aromatic heterocycles. The minimum atomic E-state index is -4.43. The lowest BCUT2D eigenvalue weighted by Crippen LogP contribution is -2.27. The van der Waals surface area contributed by atoms with E-state index in [4.69, 9.17) is 0 Å². The standard InChI is InChI=1S/C29H22F3N3O2/c30-29(31,32)22-11-8-19(9-12-22)25-6-1-2-7-26(25)28(37)34-24-13-10-20-17-35(18-21(20)15-24)27(36)16-23-5-3-4-14-33-23/h1-15H,16-18H2,(H,34,37). The molecule has 0 saturated heterocycles. The average Bonchev–Trinajstić information content (AvgIpc) is 3.33. The van der Waals surface area contributed by atoms with Crippen LogP contribution in [0.2, 0.25) is 0 Å². The van der Waals surface area contributed by atoms with Gasteiger partial charge < -0.3 is 10.2 Å². The Bertz CT molecular complexity index is 1450. The Hall–Kier alpha value is -4.46. The molecule has 4 aromatic rings. The first-order valence-corrected chi connectivity index (χ1v) is 11.7. The predicted octanol–water partition coefficient (Wildman–Crippen LogP) is 6.10. The molecule has 1 N–H and O–H groups in total. The highest BCUT2D eigenvalue weighted by Crippen LogP contribution is 2.32. The van der Waals surface area contributed by atoms with Crippen molar-refractivity contribution in [1.29, 1.82) is 0 Å². The number of pyridine rings is 1. The minimum absolute atomic E-state index is 0.0223. The summed E-state index contributed by atoms with van der Waals surface area (Å²) in [6.45, 7) is 0.929. The summed E-state index contributed by atoms with van der Waals surface area (Å²) in [5.41, 5.74) is 3.88. The van der Waals surface area contributed by atoms with Crippen molar-refractivity contribution < 1.29 is 22.8 Å². The molecule has 8 heteroatoms. The summed E-state index contributed by atoms with van der Waals surface area (Å²) < 4.78 is 38.8. The van der Waals surface area contributed by atoms with E-state index in [0.717, 1.165) is 23.3 Å². The lowest BCUT2D eigenvalue weighted by atomic mass is 9.98. The monoisotopic (exact) mass is 501 g/mol. The first-order valence-electron chi connectivity index (χ1n) is 11.7. The van der Waals surface area contributed by atoms with Crippen molar-refractivity contribution >= 4 is 17.5 Å². The smallest absolute Gasteiger partial charge is 0.334 e. The maximum atomic E-state index is 13.1. The fourth-order valence-corrected chi connectivity index (χ4v) is 4.39. The number of nitrogens with zero attached hydrogens (tertiary/aromatic N) is 2. The normalized spacial score (nSPS) is 12.8. The Morgan fingerprint density at radius 1 is 0.865 bits per heavy atom. The maximum Gasteiger partial charge on any atom is 0.416 e. The second-order valence-electron chi connectivity index (χ2n) is 8.81. The van der Waals surface area contributed by atoms with Crippen LogP contribution in [-0.2, 0) is 30.5 Å². The zero-order chi connectivity index (χ0) is 26.0. The molecule has 3 aromatic carbocycles. The molecule has 0 unspecified atom stereocenters. The molecular formula is C29H22F3N3O2. The number of hydrogen-bond acceptors (Lipinski definition) is 3. The summed E-state index contributed by atoms with van der Waals surface area (Å²) >= 11 is 0. The van der Waals surface area contributed by atoms with Gasteiger partial charge >= 0.3 is 6.18 Å². The number of alkyl halides is 3. The topological polar surface area (TPSA) is 62.3 Å². The van der Waals surface area contributed by atoms with Gasteiger partial charge in [0.2, 0.25) is 5.91 Å². The fraction of sp³-hybridized carbons (Fsp3) is 0.138. The van der Waals surface area contributed by atoms with Crippen LogP contribution in [0.3, 0.4) is 0 Å². The van der Waals surface area contributed by atoms with Gasteiger partial charge in [0.15, 0.2) is 0 Å². The maximum absolute atomic E-state index is 13.1. The van der Waals surface area contributed by atoms with E-state index in [9.17, 15) is 22.8 Å². The minimum Gasteiger partial charge on any atom is -0.334 e. The molecule has 0 aliphatic carbocycles. The van der Waals surface area contributed by atoms with E-state index >= 15 is 0 Å². The van der Waals surface area contributed by atoms with E-state index < -0.39 is 11.7 Å². The fourth-order valence-electron chi connectivity index (χ4n) is 4.39. The number of nitrogens with one attached hydrogen (secondary N) is 1. The largest absolute Gasteiger partial charge is 0.416 e. The first-order chi connectivity index (χ1) is 17.8. The lowest BCUT2D eigenvalue weighted by Gasteiger charge is -2.15. The van der Waals surface area contributed by atoms with E-state index in [2.05, 4.69) is 10.3 Å². The number of carbonyl (C=O) groups excluding carboxylic acids is 2. The second-order valence-corrected chi connectivity index (χ2v) is 8.81. The average molecular weight is 502 g/mol. The predicted molar refractivity (Wildman–Crippen MR) is 133 cm³/mol. The van der Waals surface area contributed by atoms with E-state index in [1.165, 1.54) is 12.1 Å². The lowest BCUT2D eigenvalue weighted by molar-refractivity contribution is -0.137. The van der Waals surface area contributed by atoms with Crippen molar-refractivity contribution in [3.63, 3.8) is 0 Å². The Balaban J connectivity index is 1.30. The van der Waals surface area contributed by atoms with E-state index in [0.29, 0.717) is 41.2 Å². The van der Waals surface area contributed by atoms with Crippen LogP contribution in [0.1, 0.15) is 32.7 Å². The Morgan fingerprint density at radius 3 is 2.32 bits per heavy atom. The van der Waals surface area contributed by atoms with Gasteiger partial charge in [0.05, 0.1) is 12.0 Å². The summed E-state index contributed by atoms with van der Waals surface area (Å²) in [5, 5.41) is 2.89. The van der Waals surface area contributed by atoms with Crippen molar-refractivity contribution in [2.24, 2.45) is 0 Å². The molecule has 2 amide bonds. The van der Waals surface area contributed by atoms with E-state index in [-0.39, 0.29) is 18.2 Å². The van der Waals surface area contributed by atoms with Gasteiger partial charge in [0, 0.05) is 36.2 Å². The van der Waals surface area contributed by atoms with Crippen LogP contribution in [0.4, 0.5) is 18.9 Å². The second kappa shape index (κ2) is 9.89. The van der Waals surface area contributed by atoms with Gasteiger partial charge in [-0.25, -0.2) is 0 Å². The number of aromatic nitrogens is 1. The number of anilines is 1. The van der Waals surface area contributed by atoms with Gasteiger partial charge in [-0.05, 0) is 64.7 Å². The number of halogens is 3. The van der Waals surface area contributed by atoms with Crippen LogP contribution < -0.4 is 5.32 Å². The van der Waals surface area contributed by atoms with Gasteiger partial charge in [-0.1, -0.05) is 42.5 Å². The summed E-state index contributed by atoms with van der Waals surface area (Å²) in [7, 11) is 0. The number of rotatable bonds is 5. The van der Waals surface area contributed by atoms with Crippen molar-refractivity contribution in [1.82, 2.24) is 9.88 Å². The number of fused-ring (bicyclic) bond motifs is 1. The highest BCUT2D eigenvalue weighted by atomic mass is 19.4. The molecule has 0 saturated carbocycles. The zero-order valence-corrected chi connectivity index (χ0v) is 19.6. The Labute approximate surface area is 211 Å². The molecule has 37 heavy (non-hydrogen) atoms. The van der Waals surface area contributed by atoms with Crippen LogP contribution in [0.5, 0.6) is 0 Å². The SMILES string of the molecule is O=C(Nc1ccc2c(c1)CN(C(=O)Cc1ccccn1)C2)c1ccccc1-c1ccc(C(F)(F)F)cc1. The molecule has 2 heterocycles. The Kier molecular flexibility index (Phi) is 6.48. The molecule has 5 rings (SSSR count). The van der Waals surface area contributed by atoms with Crippen molar-refractivity contribution in [2.75, 3.05) is 5.32 Å². The summed E-state index contributed by atoms with van der Waals surface area (Å²) in [6, 6.07) is 22.5. The Morgan fingerprint density at radius 2 is 1.59 bits per heavy atom. The summed E-state index contributed by atoms with van der Waals surface area (Å²) in [6.07, 6.45) is -2.55. The molecule has 0 fully saturated rings. The third kappa shape index (κ3) is 5.38. The van der Waals surface area contributed by atoms with Gasteiger partial charge in [0.25, 0.3) is 5.91 Å². The van der Waals surface area contributed by atoms with Crippen molar-refractivity contribution in [3.8, 4) is 11.1 Å². The van der Waals surface area contributed by atoms with Gasteiger partial charge in [-0.3, -0.25) is 14.6 Å². The van der Waals surface area contributed by atoms with Crippen LogP contribution >= 0.6 is 0 Å². The van der Waals surface area contributed by atoms with E-state index in [1.54, 1.807) is 47.5 Å². The number of benzene rings is 3. The van der Waals surface area contributed by atoms with Crippen molar-refractivity contribution in [3.05, 3.63) is 119 Å². The van der Waals surface area contributed by atoms with Gasteiger partial charge in [0.1, 0.15) is 0 Å². The van der Waals surface area contributed by atoms with Gasteiger partial charge in [-0.2, -0.15) is 13.2 Å². The molecule has 1 aliphatic rings. The number of carbonyl (C=O) groups is 2. The van der Waals surface area contributed by atoms with Crippen LogP contribution in [-0.4, -0.2) is 21.7 Å². The van der Waals surface area contributed by atoms with Gasteiger partial charge in [-0.15, -0.1) is 0 Å². The summed E-state index contributed by atoms with van der Waals surface area (Å²) in [5.74, 6) is -0.400. The molecule has 186 valence electrons. The molecule has 0 radical (unpaired) electrons. The number of hydrogen-bond donors (Lipinski definition) is 1. The van der Waals surface area contributed by atoms with Crippen LogP contribution in [0, 0.1) is 0 Å². The molecule has 5 nitrogen and oxygen atoms in total. The molecule has 0 atom stereocenters. The third-order valence-corrected chi connectivity index (χ3v) is 6.29. The van der Waals surface area contributed by atoms with Crippen LogP contribution in [0.15, 0.2) is 91.1 Å². The molecule has 0 bridgehead atoms. The highest BCUT2D eigenvalue weighted by Gasteiger charge is 2.30. The third-order valence-electron chi connectivity index (χ3n) is 6.29. The molecular weight excluding hydrogens is 479 g/mol. The quantitative estimate of drug-likeness (QED) is 0.359. The van der Waals surface area contributed by atoms with E-state index in [1.807, 2.05) is 24.3 Å². The first kappa shape index (κ1) is 24.2.